The van der Waals surface area contributed by atoms with E-state index in [9.17, 15) is 13.2 Å². The van der Waals surface area contributed by atoms with Gasteiger partial charge in [-0.05, 0) is 31.9 Å². The molecule has 0 saturated heterocycles. The lowest BCUT2D eigenvalue weighted by Gasteiger charge is -2.15. The van der Waals surface area contributed by atoms with Crippen LogP contribution in [0.5, 0.6) is 0 Å². The standard InChI is InChI=1S/C13H20N4O4S.ClH/c1-9-4-6-10(7-5-9)22(20,21)17-11(12(18)19)3-2-8-16-13(14)15;/h4-7,11,17H,2-3,8H2,1H3,(H,18,19)(H4,14,15,16);1H. The van der Waals surface area contributed by atoms with Crippen LogP contribution in [-0.4, -0.2) is 38.0 Å². The molecule has 1 atom stereocenters. The first-order valence-electron chi connectivity index (χ1n) is 6.62. The zero-order valence-electron chi connectivity index (χ0n) is 12.6. The number of aliphatic carboxylic acids is 1. The van der Waals surface area contributed by atoms with Gasteiger partial charge in [-0.25, -0.2) is 8.42 Å². The molecule has 8 nitrogen and oxygen atoms in total. The Labute approximate surface area is 141 Å². The fourth-order valence-electron chi connectivity index (χ4n) is 1.73. The van der Waals surface area contributed by atoms with E-state index in [-0.39, 0.29) is 29.7 Å². The maximum Gasteiger partial charge on any atom is 0.321 e. The van der Waals surface area contributed by atoms with Crippen LogP contribution in [0.3, 0.4) is 0 Å². The Kier molecular flexibility index (Phi) is 8.59. The molecule has 0 radical (unpaired) electrons. The molecule has 0 heterocycles. The van der Waals surface area contributed by atoms with E-state index < -0.39 is 22.0 Å². The predicted molar refractivity (Wildman–Crippen MR) is 89.3 cm³/mol. The van der Waals surface area contributed by atoms with Gasteiger partial charge in [-0.15, -0.1) is 12.4 Å². The van der Waals surface area contributed by atoms with E-state index in [2.05, 4.69) is 10.0 Å². The zero-order valence-corrected chi connectivity index (χ0v) is 14.2. The van der Waals surface area contributed by atoms with Crippen molar-refractivity contribution in [1.29, 1.82) is 5.41 Å². The fourth-order valence-corrected chi connectivity index (χ4v) is 2.96. The van der Waals surface area contributed by atoms with E-state index >= 15 is 0 Å². The molecule has 130 valence electrons. The molecule has 0 saturated carbocycles. The third kappa shape index (κ3) is 7.31. The lowest BCUT2D eigenvalue weighted by molar-refractivity contribution is -0.139. The molecule has 1 aromatic rings. The van der Waals surface area contributed by atoms with Crippen molar-refractivity contribution < 1.29 is 18.3 Å². The molecule has 10 heteroatoms. The third-order valence-corrected chi connectivity index (χ3v) is 4.40. The molecule has 1 rings (SSSR count). The van der Waals surface area contributed by atoms with Crippen molar-refractivity contribution in [3.63, 3.8) is 0 Å². The van der Waals surface area contributed by atoms with Crippen LogP contribution in [0.2, 0.25) is 0 Å². The summed E-state index contributed by atoms with van der Waals surface area (Å²) in [7, 11) is -3.89. The molecule has 0 aromatic heterocycles. The van der Waals surface area contributed by atoms with Gasteiger partial charge in [-0.1, -0.05) is 17.7 Å². The highest BCUT2D eigenvalue weighted by molar-refractivity contribution is 7.89. The van der Waals surface area contributed by atoms with Crippen LogP contribution in [0.15, 0.2) is 29.2 Å². The van der Waals surface area contributed by atoms with Crippen LogP contribution in [0, 0.1) is 12.3 Å². The quantitative estimate of drug-likeness (QED) is 0.256. The maximum atomic E-state index is 12.2. The Balaban J connectivity index is 0.00000484. The summed E-state index contributed by atoms with van der Waals surface area (Å²) in [6, 6.07) is 4.89. The van der Waals surface area contributed by atoms with Gasteiger partial charge in [0.15, 0.2) is 5.96 Å². The van der Waals surface area contributed by atoms with Crippen molar-refractivity contribution in [3.8, 4) is 0 Å². The van der Waals surface area contributed by atoms with E-state index in [4.69, 9.17) is 16.2 Å². The molecular formula is C13H21ClN4O4S. The number of nitrogens with two attached hydrogens (primary N) is 1. The molecule has 6 N–H and O–H groups in total. The Bertz CT molecular complexity index is 634. The fraction of sp³-hybridized carbons (Fsp3) is 0.385. The van der Waals surface area contributed by atoms with Gasteiger partial charge in [0.25, 0.3) is 0 Å². The first kappa shape index (κ1) is 21.2. The summed E-state index contributed by atoms with van der Waals surface area (Å²) in [4.78, 5) is 11.2. The smallest absolute Gasteiger partial charge is 0.321 e. The minimum absolute atomic E-state index is 0. The normalized spacial score (nSPS) is 12.0. The molecule has 0 spiro atoms. The van der Waals surface area contributed by atoms with Gasteiger partial charge in [0.1, 0.15) is 6.04 Å². The van der Waals surface area contributed by atoms with Crippen LogP contribution >= 0.6 is 12.4 Å². The van der Waals surface area contributed by atoms with E-state index in [1.165, 1.54) is 12.1 Å². The summed E-state index contributed by atoms with van der Waals surface area (Å²) < 4.78 is 26.5. The number of benzene rings is 1. The number of nitrogens with one attached hydrogen (secondary N) is 3. The predicted octanol–water partition coefficient (Wildman–Crippen LogP) is 0.412. The van der Waals surface area contributed by atoms with Gasteiger partial charge in [-0.3, -0.25) is 10.2 Å². The number of carboxylic acid groups (broad SMARTS) is 1. The van der Waals surface area contributed by atoms with Crippen molar-refractivity contribution in [2.45, 2.75) is 30.7 Å². The third-order valence-electron chi connectivity index (χ3n) is 2.91. The van der Waals surface area contributed by atoms with Gasteiger partial charge in [0, 0.05) is 6.54 Å². The number of aryl methyl sites for hydroxylation is 1. The van der Waals surface area contributed by atoms with Crippen LogP contribution < -0.4 is 15.8 Å². The van der Waals surface area contributed by atoms with E-state index in [1.807, 2.05) is 6.92 Å². The SMILES string of the molecule is Cc1ccc(S(=O)(=O)NC(CCCNC(=N)N)C(=O)O)cc1.Cl. The average molecular weight is 365 g/mol. The lowest BCUT2D eigenvalue weighted by atomic mass is 10.2. The summed E-state index contributed by atoms with van der Waals surface area (Å²) in [5.74, 6) is -1.47. The Morgan fingerprint density at radius 3 is 2.39 bits per heavy atom. The number of sulfonamides is 1. The summed E-state index contributed by atoms with van der Waals surface area (Å²) in [5.41, 5.74) is 6.01. The molecule has 0 fully saturated rings. The molecule has 1 aromatic carbocycles. The monoisotopic (exact) mass is 364 g/mol. The molecule has 0 aliphatic heterocycles. The van der Waals surface area contributed by atoms with Crippen LogP contribution in [-0.2, 0) is 14.8 Å². The minimum atomic E-state index is -3.89. The second kappa shape index (κ2) is 9.33. The lowest BCUT2D eigenvalue weighted by Crippen LogP contribution is -2.41. The molecule has 0 aliphatic carbocycles. The van der Waals surface area contributed by atoms with E-state index in [1.54, 1.807) is 12.1 Å². The molecule has 1 unspecified atom stereocenters. The number of carbonyl (C=O) groups is 1. The first-order chi connectivity index (χ1) is 10.2. The Morgan fingerprint density at radius 1 is 1.35 bits per heavy atom. The number of carboxylic acids is 1. The summed E-state index contributed by atoms with van der Waals surface area (Å²) in [6.07, 6.45) is 0.438. The van der Waals surface area contributed by atoms with Crippen molar-refractivity contribution in [1.82, 2.24) is 10.0 Å². The number of hydrogen-bond acceptors (Lipinski definition) is 4. The summed E-state index contributed by atoms with van der Waals surface area (Å²) in [5, 5.41) is 18.6. The number of hydrogen-bond donors (Lipinski definition) is 5. The molecular weight excluding hydrogens is 344 g/mol. The van der Waals surface area contributed by atoms with E-state index in [0.717, 1.165) is 5.56 Å². The van der Waals surface area contributed by atoms with Gasteiger partial charge >= 0.3 is 5.97 Å². The van der Waals surface area contributed by atoms with Gasteiger partial charge in [-0.2, -0.15) is 4.72 Å². The highest BCUT2D eigenvalue weighted by Crippen LogP contribution is 2.11. The van der Waals surface area contributed by atoms with Crippen molar-refractivity contribution in [2.24, 2.45) is 5.73 Å². The van der Waals surface area contributed by atoms with Gasteiger partial charge < -0.3 is 16.2 Å². The van der Waals surface area contributed by atoms with Crippen LogP contribution in [0.1, 0.15) is 18.4 Å². The number of guanidine groups is 1. The van der Waals surface area contributed by atoms with Crippen molar-refractivity contribution in [3.05, 3.63) is 29.8 Å². The maximum absolute atomic E-state index is 12.2. The van der Waals surface area contributed by atoms with Crippen molar-refractivity contribution >= 4 is 34.4 Å². The summed E-state index contributed by atoms with van der Waals surface area (Å²) >= 11 is 0. The van der Waals surface area contributed by atoms with Gasteiger partial charge in [0.05, 0.1) is 4.90 Å². The van der Waals surface area contributed by atoms with Crippen LogP contribution in [0.4, 0.5) is 0 Å². The van der Waals surface area contributed by atoms with Crippen molar-refractivity contribution in [2.75, 3.05) is 6.54 Å². The minimum Gasteiger partial charge on any atom is -0.480 e. The number of rotatable bonds is 8. The van der Waals surface area contributed by atoms with Gasteiger partial charge in [0.2, 0.25) is 10.0 Å². The number of halogens is 1. The Morgan fingerprint density at radius 2 is 1.91 bits per heavy atom. The molecule has 23 heavy (non-hydrogen) atoms. The largest absolute Gasteiger partial charge is 0.480 e. The highest BCUT2D eigenvalue weighted by atomic mass is 35.5. The molecule has 0 bridgehead atoms. The van der Waals surface area contributed by atoms with E-state index in [0.29, 0.717) is 13.0 Å². The second-order valence-electron chi connectivity index (χ2n) is 4.81. The second-order valence-corrected chi connectivity index (χ2v) is 6.52. The first-order valence-corrected chi connectivity index (χ1v) is 8.10. The molecule has 0 aliphatic rings. The topological polar surface area (TPSA) is 145 Å². The Hall–Kier alpha value is -1.84. The zero-order chi connectivity index (χ0) is 16.8. The average Bonchev–Trinajstić information content (AvgIpc) is 2.42. The summed E-state index contributed by atoms with van der Waals surface area (Å²) in [6.45, 7) is 2.12. The van der Waals surface area contributed by atoms with Crippen LogP contribution in [0.25, 0.3) is 0 Å². The molecule has 0 amide bonds. The highest BCUT2D eigenvalue weighted by Gasteiger charge is 2.24.